The van der Waals surface area contributed by atoms with Crippen LogP contribution in [-0.2, 0) is 10.0 Å². The predicted octanol–water partition coefficient (Wildman–Crippen LogP) is 3.87. The molecule has 0 bridgehead atoms. The first kappa shape index (κ1) is 19.3. The van der Waals surface area contributed by atoms with E-state index in [9.17, 15) is 8.42 Å². The Hall–Kier alpha value is -2.05. The zero-order valence-electron chi connectivity index (χ0n) is 15.2. The Morgan fingerprint density at radius 3 is 2.08 bits per heavy atom. The van der Waals surface area contributed by atoms with Gasteiger partial charge in [-0.25, -0.2) is 13.1 Å². The number of sulfonamides is 1. The van der Waals surface area contributed by atoms with Crippen molar-refractivity contribution in [3.05, 3.63) is 53.6 Å². The summed E-state index contributed by atoms with van der Waals surface area (Å²) >= 11 is 0. The molecule has 2 rings (SSSR count). The highest BCUT2D eigenvalue weighted by molar-refractivity contribution is 7.89. The summed E-state index contributed by atoms with van der Waals surface area (Å²) in [5.41, 5.74) is 1.64. The predicted molar refractivity (Wildman–Crippen MR) is 98.8 cm³/mol. The van der Waals surface area contributed by atoms with Crippen LogP contribution < -0.4 is 14.2 Å². The average molecular weight is 363 g/mol. The third kappa shape index (κ3) is 4.32. The molecule has 0 aliphatic carbocycles. The molecular weight excluding hydrogens is 338 g/mol. The minimum absolute atomic E-state index is 0.150. The second-order valence-corrected chi connectivity index (χ2v) is 7.86. The second-order valence-electron chi connectivity index (χ2n) is 6.14. The molecule has 0 aliphatic heterocycles. The Morgan fingerprint density at radius 1 is 0.880 bits per heavy atom. The number of rotatable bonds is 7. The lowest BCUT2D eigenvalue weighted by Crippen LogP contribution is -2.27. The Kier molecular flexibility index (Phi) is 6.08. The highest BCUT2D eigenvalue weighted by Crippen LogP contribution is 2.30. The molecule has 2 aromatic carbocycles. The fraction of sp³-hybridized carbons (Fsp3) is 0.368. The van der Waals surface area contributed by atoms with E-state index in [-0.39, 0.29) is 10.8 Å². The topological polar surface area (TPSA) is 64.6 Å². The Morgan fingerprint density at radius 2 is 1.48 bits per heavy atom. The first-order chi connectivity index (χ1) is 11.8. The van der Waals surface area contributed by atoms with Crippen molar-refractivity contribution in [1.29, 1.82) is 0 Å². The fourth-order valence-corrected chi connectivity index (χ4v) is 3.98. The minimum Gasteiger partial charge on any atom is -0.496 e. The normalized spacial score (nSPS) is 12.9. The SMILES string of the molecule is COc1ccc(S(=O)(=O)N[C@H](C)c2ccccc2OC)cc1C(C)C. The van der Waals surface area contributed by atoms with E-state index in [1.54, 1.807) is 39.3 Å². The van der Waals surface area contributed by atoms with Crippen LogP contribution in [0.25, 0.3) is 0 Å². The van der Waals surface area contributed by atoms with Crippen molar-refractivity contribution in [2.24, 2.45) is 0 Å². The quantitative estimate of drug-likeness (QED) is 0.811. The van der Waals surface area contributed by atoms with E-state index in [0.717, 1.165) is 11.1 Å². The molecule has 5 nitrogen and oxygen atoms in total. The summed E-state index contributed by atoms with van der Waals surface area (Å²) in [5.74, 6) is 1.48. The van der Waals surface area contributed by atoms with E-state index in [1.165, 1.54) is 0 Å². The fourth-order valence-electron chi connectivity index (χ4n) is 2.72. The van der Waals surface area contributed by atoms with Gasteiger partial charge in [-0.15, -0.1) is 0 Å². The molecule has 2 aromatic rings. The average Bonchev–Trinajstić information content (AvgIpc) is 2.60. The summed E-state index contributed by atoms with van der Waals surface area (Å²) in [5, 5.41) is 0. The first-order valence-electron chi connectivity index (χ1n) is 8.13. The van der Waals surface area contributed by atoms with E-state index in [4.69, 9.17) is 9.47 Å². The molecule has 0 saturated heterocycles. The lowest BCUT2D eigenvalue weighted by atomic mass is 10.0. The number of benzene rings is 2. The lowest BCUT2D eigenvalue weighted by Gasteiger charge is -2.18. The molecule has 0 unspecified atom stereocenters. The summed E-state index contributed by atoms with van der Waals surface area (Å²) in [7, 11) is -0.526. The van der Waals surface area contributed by atoms with Gasteiger partial charge in [-0.05, 0) is 42.7 Å². The van der Waals surface area contributed by atoms with E-state index in [0.29, 0.717) is 11.5 Å². The lowest BCUT2D eigenvalue weighted by molar-refractivity contribution is 0.405. The van der Waals surface area contributed by atoms with Crippen molar-refractivity contribution in [1.82, 2.24) is 4.72 Å². The van der Waals surface area contributed by atoms with Gasteiger partial charge in [0.2, 0.25) is 10.0 Å². The van der Waals surface area contributed by atoms with Crippen molar-refractivity contribution in [3.63, 3.8) is 0 Å². The molecule has 6 heteroatoms. The maximum absolute atomic E-state index is 12.8. The number of nitrogens with one attached hydrogen (secondary N) is 1. The van der Waals surface area contributed by atoms with Gasteiger partial charge in [0.05, 0.1) is 19.1 Å². The Labute approximate surface area is 150 Å². The van der Waals surface area contributed by atoms with Crippen molar-refractivity contribution in [3.8, 4) is 11.5 Å². The van der Waals surface area contributed by atoms with Crippen LogP contribution in [-0.4, -0.2) is 22.6 Å². The van der Waals surface area contributed by atoms with E-state index in [2.05, 4.69) is 4.72 Å². The van der Waals surface area contributed by atoms with Crippen molar-refractivity contribution >= 4 is 10.0 Å². The van der Waals surface area contributed by atoms with E-state index >= 15 is 0 Å². The molecule has 1 atom stereocenters. The van der Waals surface area contributed by atoms with Gasteiger partial charge in [-0.3, -0.25) is 0 Å². The van der Waals surface area contributed by atoms with Gasteiger partial charge in [-0.1, -0.05) is 32.0 Å². The maximum atomic E-state index is 12.8. The van der Waals surface area contributed by atoms with Gasteiger partial charge in [0.25, 0.3) is 0 Å². The molecule has 25 heavy (non-hydrogen) atoms. The minimum atomic E-state index is -3.67. The number of hydrogen-bond donors (Lipinski definition) is 1. The molecule has 0 aliphatic rings. The van der Waals surface area contributed by atoms with Crippen LogP contribution in [0, 0.1) is 0 Å². The summed E-state index contributed by atoms with van der Waals surface area (Å²) < 4.78 is 39.0. The van der Waals surface area contributed by atoms with Crippen LogP contribution in [0.15, 0.2) is 47.4 Å². The summed E-state index contributed by atoms with van der Waals surface area (Å²) in [6.45, 7) is 5.79. The summed E-state index contributed by atoms with van der Waals surface area (Å²) in [6.07, 6.45) is 0. The molecule has 1 N–H and O–H groups in total. The van der Waals surface area contributed by atoms with Crippen LogP contribution in [0.2, 0.25) is 0 Å². The molecule has 0 amide bonds. The van der Waals surface area contributed by atoms with Gasteiger partial charge >= 0.3 is 0 Å². The Bertz CT molecular complexity index is 831. The van der Waals surface area contributed by atoms with Crippen LogP contribution in [0.1, 0.15) is 43.9 Å². The molecule has 0 aromatic heterocycles. The van der Waals surface area contributed by atoms with Crippen molar-refractivity contribution in [2.75, 3.05) is 14.2 Å². The molecular formula is C19H25NO4S. The number of methoxy groups -OCH3 is 2. The maximum Gasteiger partial charge on any atom is 0.241 e. The van der Waals surface area contributed by atoms with Crippen LogP contribution in [0.5, 0.6) is 11.5 Å². The molecule has 0 saturated carbocycles. The van der Waals surface area contributed by atoms with Gasteiger partial charge in [0.1, 0.15) is 11.5 Å². The highest BCUT2D eigenvalue weighted by Gasteiger charge is 2.22. The molecule has 0 radical (unpaired) electrons. The number of ether oxygens (including phenoxy) is 2. The van der Waals surface area contributed by atoms with Crippen LogP contribution in [0.3, 0.4) is 0 Å². The number of hydrogen-bond acceptors (Lipinski definition) is 4. The third-order valence-electron chi connectivity index (χ3n) is 4.07. The summed E-state index contributed by atoms with van der Waals surface area (Å²) in [4.78, 5) is 0.221. The van der Waals surface area contributed by atoms with Gasteiger partial charge in [0, 0.05) is 11.6 Å². The monoisotopic (exact) mass is 363 g/mol. The van der Waals surface area contributed by atoms with Crippen molar-refractivity contribution < 1.29 is 17.9 Å². The molecule has 136 valence electrons. The van der Waals surface area contributed by atoms with Gasteiger partial charge in [-0.2, -0.15) is 0 Å². The zero-order chi connectivity index (χ0) is 18.6. The smallest absolute Gasteiger partial charge is 0.241 e. The van der Waals surface area contributed by atoms with E-state index in [1.807, 2.05) is 38.1 Å². The second kappa shape index (κ2) is 7.89. The van der Waals surface area contributed by atoms with Crippen LogP contribution >= 0.6 is 0 Å². The zero-order valence-corrected chi connectivity index (χ0v) is 16.1. The number of para-hydroxylation sites is 1. The molecule has 0 fully saturated rings. The molecule has 0 heterocycles. The largest absolute Gasteiger partial charge is 0.496 e. The van der Waals surface area contributed by atoms with E-state index < -0.39 is 16.1 Å². The highest BCUT2D eigenvalue weighted by atomic mass is 32.2. The van der Waals surface area contributed by atoms with Gasteiger partial charge < -0.3 is 9.47 Å². The standard InChI is InChI=1S/C19H25NO4S/c1-13(2)17-12-15(10-11-19(17)24-5)25(21,22)20-14(3)16-8-6-7-9-18(16)23-4/h6-14,20H,1-5H3/t14-/m1/s1. The van der Waals surface area contributed by atoms with Crippen LogP contribution in [0.4, 0.5) is 0 Å². The third-order valence-corrected chi connectivity index (χ3v) is 5.61. The van der Waals surface area contributed by atoms with Crippen molar-refractivity contribution in [2.45, 2.75) is 37.6 Å². The molecule has 0 spiro atoms. The first-order valence-corrected chi connectivity index (χ1v) is 9.61. The Balaban J connectivity index is 2.34. The summed E-state index contributed by atoms with van der Waals surface area (Å²) in [6, 6.07) is 11.9. The van der Waals surface area contributed by atoms with Gasteiger partial charge in [0.15, 0.2) is 0 Å².